The molecule has 0 spiro atoms. The highest BCUT2D eigenvalue weighted by molar-refractivity contribution is 5.66. The summed E-state index contributed by atoms with van der Waals surface area (Å²) in [5.41, 5.74) is 0. The van der Waals surface area contributed by atoms with Gasteiger partial charge in [0.1, 0.15) is 12.2 Å². The molecule has 0 aliphatic rings. The Morgan fingerprint density at radius 2 is 2.38 bits per heavy atom. The van der Waals surface area contributed by atoms with Gasteiger partial charge >= 0.3 is 5.97 Å². The van der Waals surface area contributed by atoms with Gasteiger partial charge in [0.15, 0.2) is 0 Å². The average Bonchev–Trinajstić information content (AvgIpc) is 2.70. The molecule has 0 bridgehead atoms. The highest BCUT2D eigenvalue weighted by Gasteiger charge is 2.01. The molecule has 0 saturated carbocycles. The fraction of sp³-hybridized carbons (Fsp3) is 0.700. The molecular weight excluding hydrogens is 208 g/mol. The van der Waals surface area contributed by atoms with Crippen molar-refractivity contribution in [3.05, 3.63) is 12.2 Å². The Bertz CT molecular complexity index is 324. The number of rotatable bonds is 8. The predicted molar refractivity (Wildman–Crippen MR) is 58.9 cm³/mol. The number of hydrogen-bond acceptors (Lipinski definition) is 4. The van der Waals surface area contributed by atoms with Gasteiger partial charge in [-0.05, 0) is 26.3 Å². The summed E-state index contributed by atoms with van der Waals surface area (Å²) >= 11 is 0. The lowest BCUT2D eigenvalue weighted by Crippen LogP contribution is -2.18. The number of aromatic nitrogens is 3. The van der Waals surface area contributed by atoms with E-state index in [1.54, 1.807) is 6.33 Å². The first-order chi connectivity index (χ1) is 7.74. The Labute approximate surface area is 94.7 Å². The summed E-state index contributed by atoms with van der Waals surface area (Å²) in [5, 5.41) is 19.5. The molecule has 1 heterocycles. The van der Waals surface area contributed by atoms with Crippen LogP contribution in [0.4, 0.5) is 0 Å². The molecule has 0 amide bonds. The lowest BCUT2D eigenvalue weighted by Gasteiger charge is -2.04. The molecule has 16 heavy (non-hydrogen) atoms. The van der Waals surface area contributed by atoms with E-state index in [0.29, 0.717) is 13.0 Å². The van der Waals surface area contributed by atoms with E-state index in [9.17, 15) is 4.79 Å². The lowest BCUT2D eigenvalue weighted by molar-refractivity contribution is -0.137. The van der Waals surface area contributed by atoms with Crippen LogP contribution < -0.4 is 5.32 Å². The Morgan fingerprint density at radius 3 is 3.06 bits per heavy atom. The minimum atomic E-state index is -0.731. The molecule has 90 valence electrons. The highest BCUT2D eigenvalue weighted by Crippen LogP contribution is 1.96. The van der Waals surface area contributed by atoms with Gasteiger partial charge < -0.3 is 15.0 Å². The third kappa shape index (κ3) is 4.39. The van der Waals surface area contributed by atoms with E-state index in [1.807, 2.05) is 11.5 Å². The SMILES string of the molecule is CCn1cnnc1CNCCCCC(=O)O. The van der Waals surface area contributed by atoms with Gasteiger partial charge in [0.05, 0.1) is 6.54 Å². The molecule has 1 aromatic heterocycles. The first-order valence-electron chi connectivity index (χ1n) is 5.53. The standard InChI is InChI=1S/C10H18N4O2/c1-2-14-8-12-13-9(14)7-11-6-4-3-5-10(15)16/h8,11H,2-7H2,1H3,(H,15,16). The fourth-order valence-corrected chi connectivity index (χ4v) is 1.41. The van der Waals surface area contributed by atoms with Crippen molar-refractivity contribution in [3.8, 4) is 0 Å². The van der Waals surface area contributed by atoms with Crippen molar-refractivity contribution < 1.29 is 9.90 Å². The van der Waals surface area contributed by atoms with E-state index >= 15 is 0 Å². The van der Waals surface area contributed by atoms with Crippen molar-refractivity contribution in [2.24, 2.45) is 0 Å². The van der Waals surface area contributed by atoms with Crippen LogP contribution >= 0.6 is 0 Å². The van der Waals surface area contributed by atoms with Crippen LogP contribution in [0.2, 0.25) is 0 Å². The maximum Gasteiger partial charge on any atom is 0.303 e. The number of nitrogens with one attached hydrogen (secondary N) is 1. The second kappa shape index (κ2) is 6.95. The number of carboxylic acids is 1. The van der Waals surface area contributed by atoms with E-state index < -0.39 is 5.97 Å². The van der Waals surface area contributed by atoms with Crippen molar-refractivity contribution in [1.29, 1.82) is 0 Å². The molecule has 0 aliphatic heterocycles. The summed E-state index contributed by atoms with van der Waals surface area (Å²) in [4.78, 5) is 10.3. The molecule has 0 aliphatic carbocycles. The monoisotopic (exact) mass is 226 g/mol. The van der Waals surface area contributed by atoms with E-state index in [1.165, 1.54) is 0 Å². The minimum absolute atomic E-state index is 0.243. The molecule has 2 N–H and O–H groups in total. The molecule has 1 rings (SSSR count). The Morgan fingerprint density at radius 1 is 1.56 bits per heavy atom. The maximum absolute atomic E-state index is 10.3. The van der Waals surface area contributed by atoms with Crippen LogP contribution in [0.1, 0.15) is 32.0 Å². The number of aryl methyl sites for hydroxylation is 1. The van der Waals surface area contributed by atoms with Crippen LogP contribution in [0.15, 0.2) is 6.33 Å². The lowest BCUT2D eigenvalue weighted by atomic mass is 10.2. The number of hydrogen-bond donors (Lipinski definition) is 2. The van der Waals surface area contributed by atoms with E-state index in [2.05, 4.69) is 15.5 Å². The van der Waals surface area contributed by atoms with Gasteiger partial charge in [-0.15, -0.1) is 10.2 Å². The molecular formula is C10H18N4O2. The zero-order chi connectivity index (χ0) is 11.8. The zero-order valence-electron chi connectivity index (χ0n) is 9.52. The molecule has 0 fully saturated rings. The highest BCUT2D eigenvalue weighted by atomic mass is 16.4. The number of carbonyl (C=O) groups is 1. The summed E-state index contributed by atoms with van der Waals surface area (Å²) in [6, 6.07) is 0. The predicted octanol–water partition coefficient (Wildman–Crippen LogP) is 0.642. The molecule has 0 aromatic carbocycles. The van der Waals surface area contributed by atoms with Gasteiger partial charge in [-0.25, -0.2) is 0 Å². The number of nitrogens with zero attached hydrogens (tertiary/aromatic N) is 3. The van der Waals surface area contributed by atoms with Gasteiger partial charge in [-0.3, -0.25) is 4.79 Å². The maximum atomic E-state index is 10.3. The topological polar surface area (TPSA) is 80.0 Å². The van der Waals surface area contributed by atoms with Crippen molar-refractivity contribution >= 4 is 5.97 Å². The zero-order valence-corrected chi connectivity index (χ0v) is 9.52. The minimum Gasteiger partial charge on any atom is -0.481 e. The molecule has 6 nitrogen and oxygen atoms in total. The summed E-state index contributed by atoms with van der Waals surface area (Å²) in [6.45, 7) is 4.40. The van der Waals surface area contributed by atoms with Gasteiger partial charge in [0.2, 0.25) is 0 Å². The Hall–Kier alpha value is -1.43. The van der Waals surface area contributed by atoms with Gasteiger partial charge in [0, 0.05) is 13.0 Å². The summed E-state index contributed by atoms with van der Waals surface area (Å²) < 4.78 is 1.98. The third-order valence-corrected chi connectivity index (χ3v) is 2.31. The second-order valence-corrected chi connectivity index (χ2v) is 3.56. The Kier molecular flexibility index (Phi) is 5.49. The largest absolute Gasteiger partial charge is 0.481 e. The van der Waals surface area contributed by atoms with E-state index in [-0.39, 0.29) is 6.42 Å². The average molecular weight is 226 g/mol. The quantitative estimate of drug-likeness (QED) is 0.636. The third-order valence-electron chi connectivity index (χ3n) is 2.31. The molecule has 6 heteroatoms. The van der Waals surface area contributed by atoms with Crippen LogP contribution in [-0.4, -0.2) is 32.4 Å². The first-order valence-corrected chi connectivity index (χ1v) is 5.53. The summed E-state index contributed by atoms with van der Waals surface area (Å²) in [5.74, 6) is 0.187. The fourth-order valence-electron chi connectivity index (χ4n) is 1.41. The molecule has 0 atom stereocenters. The molecule has 1 aromatic rings. The van der Waals surface area contributed by atoms with Crippen molar-refractivity contribution in [1.82, 2.24) is 20.1 Å². The van der Waals surface area contributed by atoms with Gasteiger partial charge in [0.25, 0.3) is 0 Å². The summed E-state index contributed by atoms with van der Waals surface area (Å²) in [6.07, 6.45) is 3.53. The van der Waals surface area contributed by atoms with Crippen molar-refractivity contribution in [2.45, 2.75) is 39.3 Å². The second-order valence-electron chi connectivity index (χ2n) is 3.56. The molecule has 0 radical (unpaired) electrons. The summed E-state index contributed by atoms with van der Waals surface area (Å²) in [7, 11) is 0. The number of carboxylic acid groups (broad SMARTS) is 1. The smallest absolute Gasteiger partial charge is 0.303 e. The normalized spacial score (nSPS) is 10.6. The van der Waals surface area contributed by atoms with E-state index in [0.717, 1.165) is 25.3 Å². The Balaban J connectivity index is 2.09. The van der Waals surface area contributed by atoms with Crippen LogP contribution in [-0.2, 0) is 17.9 Å². The van der Waals surface area contributed by atoms with Gasteiger partial charge in [-0.2, -0.15) is 0 Å². The first kappa shape index (κ1) is 12.6. The van der Waals surface area contributed by atoms with Crippen LogP contribution in [0.3, 0.4) is 0 Å². The van der Waals surface area contributed by atoms with E-state index in [4.69, 9.17) is 5.11 Å². The molecule has 0 saturated heterocycles. The van der Waals surface area contributed by atoms with Crippen LogP contribution in [0.5, 0.6) is 0 Å². The molecule has 0 unspecified atom stereocenters. The van der Waals surface area contributed by atoms with Gasteiger partial charge in [-0.1, -0.05) is 0 Å². The van der Waals surface area contributed by atoms with Crippen LogP contribution in [0.25, 0.3) is 0 Å². The number of unbranched alkanes of at least 4 members (excludes halogenated alkanes) is 1. The van der Waals surface area contributed by atoms with Crippen LogP contribution in [0, 0.1) is 0 Å². The van der Waals surface area contributed by atoms with Crippen molar-refractivity contribution in [3.63, 3.8) is 0 Å². The number of aliphatic carboxylic acids is 1. The van der Waals surface area contributed by atoms with Crippen molar-refractivity contribution in [2.75, 3.05) is 6.54 Å².